The van der Waals surface area contributed by atoms with Crippen LogP contribution >= 0.6 is 11.6 Å². The van der Waals surface area contributed by atoms with Gasteiger partial charge in [-0.3, -0.25) is 4.79 Å². The van der Waals surface area contributed by atoms with Crippen molar-refractivity contribution < 1.29 is 9.21 Å². The number of nitrogens with one attached hydrogen (secondary N) is 2. The summed E-state index contributed by atoms with van der Waals surface area (Å²) in [5.41, 5.74) is 0.602. The van der Waals surface area contributed by atoms with Crippen molar-refractivity contribution in [2.24, 2.45) is 0 Å². The highest BCUT2D eigenvalue weighted by Gasteiger charge is 2.12. The second kappa shape index (κ2) is 6.07. The number of hydrogen-bond donors (Lipinski definition) is 2. The number of furan rings is 1. The zero-order chi connectivity index (χ0) is 15.5. The van der Waals surface area contributed by atoms with E-state index in [1.807, 2.05) is 18.2 Å². The molecule has 0 bridgehead atoms. The molecule has 8 heteroatoms. The van der Waals surface area contributed by atoms with Crippen LogP contribution in [-0.4, -0.2) is 27.5 Å². The molecule has 0 fully saturated rings. The summed E-state index contributed by atoms with van der Waals surface area (Å²) in [5, 5.41) is 6.65. The smallest absolute Gasteiger partial charge is 0.239 e. The van der Waals surface area contributed by atoms with Gasteiger partial charge in [0.05, 0.1) is 18.2 Å². The third kappa shape index (κ3) is 2.89. The van der Waals surface area contributed by atoms with Gasteiger partial charge >= 0.3 is 0 Å². The average Bonchev–Trinajstić information content (AvgIpc) is 3.15. The van der Waals surface area contributed by atoms with Crippen LogP contribution in [-0.2, 0) is 17.9 Å². The van der Waals surface area contributed by atoms with Crippen LogP contribution in [0.5, 0.6) is 0 Å². The van der Waals surface area contributed by atoms with Gasteiger partial charge < -0.3 is 19.6 Å². The van der Waals surface area contributed by atoms with Crippen molar-refractivity contribution in [3.05, 3.63) is 41.7 Å². The van der Waals surface area contributed by atoms with Crippen LogP contribution in [0.25, 0.3) is 11.0 Å². The molecule has 0 saturated carbocycles. The van der Waals surface area contributed by atoms with Gasteiger partial charge in [-0.2, -0.15) is 4.98 Å². The normalized spacial score (nSPS) is 10.8. The molecule has 0 aromatic carbocycles. The van der Waals surface area contributed by atoms with E-state index in [2.05, 4.69) is 20.6 Å². The number of likely N-dealkylation sites (N-methyl/N-ethyl adjacent to an activating group) is 1. The van der Waals surface area contributed by atoms with E-state index in [4.69, 9.17) is 16.0 Å². The zero-order valence-electron chi connectivity index (χ0n) is 11.8. The summed E-state index contributed by atoms with van der Waals surface area (Å²) in [6.45, 7) is 0.654. The summed E-state index contributed by atoms with van der Waals surface area (Å²) in [7, 11) is 1.59. The fourth-order valence-corrected chi connectivity index (χ4v) is 2.28. The molecule has 3 rings (SSSR count). The number of nitrogens with zero attached hydrogens (tertiary/aromatic N) is 3. The summed E-state index contributed by atoms with van der Waals surface area (Å²) in [5.74, 6) is 1.27. The maximum absolute atomic E-state index is 11.5. The summed E-state index contributed by atoms with van der Waals surface area (Å²) in [6.07, 6.45) is 3.39. The van der Waals surface area contributed by atoms with Gasteiger partial charge in [-0.25, -0.2) is 4.98 Å². The van der Waals surface area contributed by atoms with Crippen LogP contribution in [0.1, 0.15) is 5.76 Å². The average molecular weight is 320 g/mol. The first-order valence-corrected chi connectivity index (χ1v) is 7.04. The summed E-state index contributed by atoms with van der Waals surface area (Å²) < 4.78 is 6.99. The Bertz CT molecular complexity index is 797. The first-order chi connectivity index (χ1) is 10.7. The molecule has 0 radical (unpaired) electrons. The molecular weight excluding hydrogens is 306 g/mol. The Labute approximate surface area is 131 Å². The number of carbonyl (C=O) groups excluding carboxylic acids is 1. The van der Waals surface area contributed by atoms with Crippen LogP contribution in [0.4, 0.5) is 5.82 Å². The number of aromatic nitrogens is 3. The maximum atomic E-state index is 11.5. The molecule has 7 nitrogen and oxygen atoms in total. The number of anilines is 1. The van der Waals surface area contributed by atoms with Gasteiger partial charge in [0.1, 0.15) is 23.8 Å². The lowest BCUT2D eigenvalue weighted by Gasteiger charge is -2.07. The topological polar surface area (TPSA) is 85.0 Å². The number of rotatable bonds is 5. The molecule has 0 unspecified atom stereocenters. The molecule has 114 valence electrons. The molecule has 0 aliphatic carbocycles. The highest BCUT2D eigenvalue weighted by atomic mass is 35.5. The molecule has 0 aliphatic heterocycles. The van der Waals surface area contributed by atoms with Gasteiger partial charge in [0.2, 0.25) is 11.2 Å². The third-order valence-electron chi connectivity index (χ3n) is 3.19. The molecule has 3 aromatic rings. The predicted molar refractivity (Wildman–Crippen MR) is 82.6 cm³/mol. The minimum atomic E-state index is -0.114. The number of amides is 1. The Kier molecular flexibility index (Phi) is 3.97. The van der Waals surface area contributed by atoms with Crippen LogP contribution < -0.4 is 10.6 Å². The summed E-state index contributed by atoms with van der Waals surface area (Å²) in [4.78, 5) is 19.9. The lowest BCUT2D eigenvalue weighted by Crippen LogP contribution is -2.23. The monoisotopic (exact) mass is 319 g/mol. The lowest BCUT2D eigenvalue weighted by molar-refractivity contribution is -0.121. The first kappa shape index (κ1) is 14.4. The van der Waals surface area contributed by atoms with Crippen LogP contribution in [0, 0.1) is 0 Å². The predicted octanol–water partition coefficient (Wildman–Crippen LogP) is 2.04. The van der Waals surface area contributed by atoms with Crippen molar-refractivity contribution in [3.63, 3.8) is 0 Å². The number of carbonyl (C=O) groups is 1. The van der Waals surface area contributed by atoms with Crippen LogP contribution in [0.2, 0.25) is 5.28 Å². The van der Waals surface area contributed by atoms with Crippen molar-refractivity contribution in [2.45, 2.75) is 13.1 Å². The van der Waals surface area contributed by atoms with Crippen LogP contribution in [0.15, 0.2) is 35.1 Å². The van der Waals surface area contributed by atoms with Crippen molar-refractivity contribution in [2.75, 3.05) is 12.4 Å². The first-order valence-electron chi connectivity index (χ1n) is 6.66. The van der Waals surface area contributed by atoms with Gasteiger partial charge in [-0.05, 0) is 29.8 Å². The SMILES string of the molecule is CNC(=O)Cn1ccc2c(NCc3ccco3)nc(Cl)nc21. The highest BCUT2D eigenvalue weighted by molar-refractivity contribution is 6.28. The van der Waals surface area contributed by atoms with Crippen molar-refractivity contribution in [1.29, 1.82) is 0 Å². The summed E-state index contributed by atoms with van der Waals surface area (Å²) in [6, 6.07) is 5.53. The molecule has 0 atom stereocenters. The zero-order valence-corrected chi connectivity index (χ0v) is 12.6. The third-order valence-corrected chi connectivity index (χ3v) is 3.36. The molecule has 2 N–H and O–H groups in total. The number of fused-ring (bicyclic) bond motifs is 1. The van der Waals surface area contributed by atoms with Gasteiger partial charge in [-0.1, -0.05) is 0 Å². The minimum Gasteiger partial charge on any atom is -0.467 e. The van der Waals surface area contributed by atoms with E-state index in [9.17, 15) is 4.79 Å². The van der Waals surface area contributed by atoms with Crippen molar-refractivity contribution in [1.82, 2.24) is 19.9 Å². The van der Waals surface area contributed by atoms with Gasteiger partial charge in [0.25, 0.3) is 0 Å². The standard InChI is InChI=1S/C14H14ClN5O2/c1-16-11(21)8-20-5-4-10-12(18-14(15)19-13(10)20)17-7-9-3-2-6-22-9/h2-6H,7-8H2,1H3,(H,16,21)(H,17,18,19). The Morgan fingerprint density at radius 1 is 1.41 bits per heavy atom. The molecular formula is C14H14ClN5O2. The molecule has 1 amide bonds. The van der Waals surface area contributed by atoms with Gasteiger partial charge in [0.15, 0.2) is 0 Å². The fourth-order valence-electron chi connectivity index (χ4n) is 2.12. The van der Waals surface area contributed by atoms with E-state index in [-0.39, 0.29) is 17.7 Å². The number of halogens is 1. The Hall–Kier alpha value is -2.54. The van der Waals surface area contributed by atoms with E-state index in [0.717, 1.165) is 11.1 Å². The minimum absolute atomic E-state index is 0.114. The van der Waals surface area contributed by atoms with Crippen molar-refractivity contribution in [3.8, 4) is 0 Å². The molecule has 3 heterocycles. The summed E-state index contributed by atoms with van der Waals surface area (Å²) >= 11 is 5.98. The van der Waals surface area contributed by atoms with E-state index in [0.29, 0.717) is 18.0 Å². The second-order valence-corrected chi connectivity index (χ2v) is 4.97. The molecule has 3 aromatic heterocycles. The number of hydrogen-bond acceptors (Lipinski definition) is 5. The quantitative estimate of drug-likeness (QED) is 0.703. The van der Waals surface area contributed by atoms with Crippen molar-refractivity contribution >= 4 is 34.4 Å². The molecule has 0 aliphatic rings. The Morgan fingerprint density at radius 3 is 3.00 bits per heavy atom. The molecule has 22 heavy (non-hydrogen) atoms. The lowest BCUT2D eigenvalue weighted by atomic mass is 10.3. The molecule has 0 spiro atoms. The second-order valence-electron chi connectivity index (χ2n) is 4.63. The van der Waals surface area contributed by atoms with E-state index < -0.39 is 0 Å². The van der Waals surface area contributed by atoms with Crippen LogP contribution in [0.3, 0.4) is 0 Å². The van der Waals surface area contributed by atoms with E-state index in [1.54, 1.807) is 24.1 Å². The maximum Gasteiger partial charge on any atom is 0.239 e. The van der Waals surface area contributed by atoms with Gasteiger partial charge in [-0.15, -0.1) is 0 Å². The fraction of sp³-hybridized carbons (Fsp3) is 0.214. The van der Waals surface area contributed by atoms with E-state index >= 15 is 0 Å². The molecule has 0 saturated heterocycles. The van der Waals surface area contributed by atoms with Gasteiger partial charge in [0, 0.05) is 13.2 Å². The Morgan fingerprint density at radius 2 is 2.27 bits per heavy atom. The largest absolute Gasteiger partial charge is 0.467 e. The van der Waals surface area contributed by atoms with E-state index in [1.165, 1.54) is 0 Å². The highest BCUT2D eigenvalue weighted by Crippen LogP contribution is 2.23. The Balaban J connectivity index is 1.91.